The van der Waals surface area contributed by atoms with Crippen LogP contribution in [0.15, 0.2) is 4.99 Å². The van der Waals surface area contributed by atoms with Crippen molar-refractivity contribution < 1.29 is 4.74 Å². The number of nitrogens with zero attached hydrogens (tertiary/aromatic N) is 1. The summed E-state index contributed by atoms with van der Waals surface area (Å²) < 4.78 is 4.94. The van der Waals surface area contributed by atoms with E-state index in [9.17, 15) is 0 Å². The average molecular weight is 228 g/mol. The Kier molecular flexibility index (Phi) is 6.18. The van der Waals surface area contributed by atoms with Gasteiger partial charge in [-0.2, -0.15) is 0 Å². The fourth-order valence-electron chi connectivity index (χ4n) is 2.17. The number of ether oxygens (including phenoxy) is 1. The molecule has 16 heavy (non-hydrogen) atoms. The molecule has 1 aliphatic carbocycles. The van der Waals surface area contributed by atoms with Gasteiger partial charge >= 0.3 is 0 Å². The van der Waals surface area contributed by atoms with Crippen LogP contribution in [-0.4, -0.2) is 32.3 Å². The third-order valence-electron chi connectivity index (χ3n) is 3.17. The maximum Gasteiger partial charge on any atom is 0.206 e. The highest BCUT2D eigenvalue weighted by atomic mass is 16.5. The van der Waals surface area contributed by atoms with Crippen LogP contribution in [0.5, 0.6) is 0 Å². The molecule has 0 aromatic carbocycles. The third-order valence-corrected chi connectivity index (χ3v) is 3.17. The number of rotatable bonds is 5. The van der Waals surface area contributed by atoms with Crippen molar-refractivity contribution in [2.24, 2.45) is 16.8 Å². The maximum absolute atomic E-state index is 5.42. The second kappa shape index (κ2) is 7.46. The van der Waals surface area contributed by atoms with Gasteiger partial charge in [0, 0.05) is 13.2 Å². The Labute approximate surface area is 97.8 Å². The molecule has 5 nitrogen and oxygen atoms in total. The molecule has 0 radical (unpaired) electrons. The van der Waals surface area contributed by atoms with E-state index >= 15 is 0 Å². The van der Waals surface area contributed by atoms with Gasteiger partial charge in [-0.3, -0.25) is 5.43 Å². The number of aliphatic imine (C=N–C) groups is 1. The van der Waals surface area contributed by atoms with Crippen LogP contribution < -0.4 is 16.6 Å². The molecule has 4 N–H and O–H groups in total. The lowest BCUT2D eigenvalue weighted by molar-refractivity contribution is 0.207. The number of methoxy groups -OCH3 is 1. The second-order valence-corrected chi connectivity index (χ2v) is 4.35. The SMILES string of the molecule is COCCN=C(NN)NC(C)C1CCCC1. The van der Waals surface area contributed by atoms with E-state index in [-0.39, 0.29) is 0 Å². The van der Waals surface area contributed by atoms with Crippen LogP contribution in [0.4, 0.5) is 0 Å². The fourth-order valence-corrected chi connectivity index (χ4v) is 2.17. The molecule has 0 aliphatic heterocycles. The quantitative estimate of drug-likeness (QED) is 0.212. The van der Waals surface area contributed by atoms with E-state index in [0.29, 0.717) is 25.2 Å². The van der Waals surface area contributed by atoms with Crippen molar-refractivity contribution >= 4 is 5.96 Å². The minimum absolute atomic E-state index is 0.430. The van der Waals surface area contributed by atoms with E-state index < -0.39 is 0 Å². The van der Waals surface area contributed by atoms with Gasteiger partial charge in [-0.1, -0.05) is 12.8 Å². The Bertz CT molecular complexity index is 214. The van der Waals surface area contributed by atoms with E-state index in [1.165, 1.54) is 25.7 Å². The Morgan fingerprint density at radius 2 is 2.19 bits per heavy atom. The lowest BCUT2D eigenvalue weighted by Crippen LogP contribution is -2.47. The molecule has 0 aromatic rings. The van der Waals surface area contributed by atoms with Crippen LogP contribution in [0.3, 0.4) is 0 Å². The summed E-state index contributed by atoms with van der Waals surface area (Å²) in [5.41, 5.74) is 2.60. The van der Waals surface area contributed by atoms with E-state index in [1.54, 1.807) is 7.11 Å². The van der Waals surface area contributed by atoms with Gasteiger partial charge < -0.3 is 10.1 Å². The van der Waals surface area contributed by atoms with E-state index in [1.807, 2.05) is 0 Å². The highest BCUT2D eigenvalue weighted by Crippen LogP contribution is 2.27. The number of nitrogens with two attached hydrogens (primary N) is 1. The Morgan fingerprint density at radius 3 is 2.75 bits per heavy atom. The first kappa shape index (κ1) is 13.3. The molecule has 0 aromatic heterocycles. The van der Waals surface area contributed by atoms with Crippen LogP contribution in [0.2, 0.25) is 0 Å². The largest absolute Gasteiger partial charge is 0.383 e. The zero-order chi connectivity index (χ0) is 11.8. The molecule has 1 saturated carbocycles. The van der Waals surface area contributed by atoms with E-state index in [2.05, 4.69) is 22.7 Å². The smallest absolute Gasteiger partial charge is 0.206 e. The summed E-state index contributed by atoms with van der Waals surface area (Å²) in [7, 11) is 1.67. The molecule has 0 spiro atoms. The van der Waals surface area contributed by atoms with E-state index in [4.69, 9.17) is 10.6 Å². The van der Waals surface area contributed by atoms with Crippen molar-refractivity contribution in [3.05, 3.63) is 0 Å². The summed E-state index contributed by atoms with van der Waals surface area (Å²) in [6, 6.07) is 0.430. The summed E-state index contributed by atoms with van der Waals surface area (Å²) in [5.74, 6) is 6.83. The summed E-state index contributed by atoms with van der Waals surface area (Å²) >= 11 is 0. The van der Waals surface area contributed by atoms with Gasteiger partial charge in [0.1, 0.15) is 0 Å². The van der Waals surface area contributed by atoms with Gasteiger partial charge in [-0.25, -0.2) is 10.8 Å². The van der Waals surface area contributed by atoms with Crippen molar-refractivity contribution in [3.63, 3.8) is 0 Å². The molecule has 1 fully saturated rings. The molecule has 5 heteroatoms. The minimum atomic E-state index is 0.430. The van der Waals surface area contributed by atoms with Gasteiger partial charge in [-0.05, 0) is 25.7 Å². The molecule has 1 rings (SSSR count). The zero-order valence-corrected chi connectivity index (χ0v) is 10.3. The van der Waals surface area contributed by atoms with Gasteiger partial charge in [0.2, 0.25) is 5.96 Å². The summed E-state index contributed by atoms with van der Waals surface area (Å²) in [6.45, 7) is 3.43. The molecule has 1 atom stereocenters. The molecule has 0 bridgehead atoms. The molecule has 94 valence electrons. The molecule has 0 amide bonds. The van der Waals surface area contributed by atoms with Crippen LogP contribution in [0.1, 0.15) is 32.6 Å². The van der Waals surface area contributed by atoms with Crippen molar-refractivity contribution in [1.29, 1.82) is 0 Å². The number of hydrogen-bond acceptors (Lipinski definition) is 3. The molecule has 0 heterocycles. The Balaban J connectivity index is 2.33. The minimum Gasteiger partial charge on any atom is -0.383 e. The first-order chi connectivity index (χ1) is 7.77. The number of guanidine groups is 1. The van der Waals surface area contributed by atoms with Crippen LogP contribution in [-0.2, 0) is 4.74 Å². The predicted molar refractivity (Wildman–Crippen MR) is 66.1 cm³/mol. The molecule has 0 saturated heterocycles. The molecule has 1 aliphatic rings. The van der Waals surface area contributed by atoms with Gasteiger partial charge in [0.05, 0.1) is 13.2 Å². The highest BCUT2D eigenvalue weighted by Gasteiger charge is 2.21. The van der Waals surface area contributed by atoms with Crippen LogP contribution in [0.25, 0.3) is 0 Å². The summed E-state index contributed by atoms with van der Waals surface area (Å²) in [6.07, 6.45) is 5.32. The van der Waals surface area contributed by atoms with Gasteiger partial charge in [0.15, 0.2) is 0 Å². The first-order valence-corrected chi connectivity index (χ1v) is 6.04. The molecular weight excluding hydrogens is 204 g/mol. The zero-order valence-electron chi connectivity index (χ0n) is 10.3. The predicted octanol–water partition coefficient (Wildman–Crippen LogP) is 0.620. The van der Waals surface area contributed by atoms with Gasteiger partial charge in [0.25, 0.3) is 0 Å². The van der Waals surface area contributed by atoms with E-state index in [0.717, 1.165) is 5.92 Å². The van der Waals surface area contributed by atoms with Crippen molar-refractivity contribution in [2.45, 2.75) is 38.6 Å². The van der Waals surface area contributed by atoms with Crippen LogP contribution in [0, 0.1) is 5.92 Å². The Morgan fingerprint density at radius 1 is 1.50 bits per heavy atom. The number of hydrazine groups is 1. The van der Waals surface area contributed by atoms with Gasteiger partial charge in [-0.15, -0.1) is 0 Å². The Hall–Kier alpha value is -0.810. The lowest BCUT2D eigenvalue weighted by Gasteiger charge is -2.22. The topological polar surface area (TPSA) is 71.7 Å². The number of hydrogen-bond donors (Lipinski definition) is 3. The van der Waals surface area contributed by atoms with Crippen molar-refractivity contribution in [2.75, 3.05) is 20.3 Å². The van der Waals surface area contributed by atoms with Crippen LogP contribution >= 0.6 is 0 Å². The average Bonchev–Trinajstić information content (AvgIpc) is 2.81. The maximum atomic E-state index is 5.42. The third kappa shape index (κ3) is 4.37. The summed E-state index contributed by atoms with van der Waals surface area (Å²) in [5, 5.41) is 3.33. The standard InChI is InChI=1S/C11H24N4O/c1-9(10-5-3-4-6-10)14-11(15-12)13-7-8-16-2/h9-10H,3-8,12H2,1-2H3,(H2,13,14,15). The molecule has 1 unspecified atom stereocenters. The van der Waals surface area contributed by atoms with Crippen molar-refractivity contribution in [3.8, 4) is 0 Å². The lowest BCUT2D eigenvalue weighted by atomic mass is 10.0. The number of nitrogens with one attached hydrogen (secondary N) is 2. The fraction of sp³-hybridized carbons (Fsp3) is 0.909. The molecular formula is C11H24N4O. The van der Waals surface area contributed by atoms with Crippen molar-refractivity contribution in [1.82, 2.24) is 10.7 Å². The first-order valence-electron chi connectivity index (χ1n) is 6.04. The monoisotopic (exact) mass is 228 g/mol. The second-order valence-electron chi connectivity index (χ2n) is 4.35. The summed E-state index contributed by atoms with van der Waals surface area (Å²) in [4.78, 5) is 4.29. The highest BCUT2D eigenvalue weighted by molar-refractivity contribution is 5.79. The normalized spacial score (nSPS) is 19.8.